The Hall–Kier alpha value is -3.40. The highest BCUT2D eigenvalue weighted by Crippen LogP contribution is 2.39. The number of aromatic nitrogens is 3. The minimum Gasteiger partial charge on any atom is -0.507 e. The van der Waals surface area contributed by atoms with Gasteiger partial charge in [-0.15, -0.1) is 0 Å². The Morgan fingerprint density at radius 1 is 1.03 bits per heavy atom. The lowest BCUT2D eigenvalue weighted by Gasteiger charge is -2.19. The molecular formula is C22H19ClN4O4S. The van der Waals surface area contributed by atoms with E-state index in [9.17, 15) is 18.6 Å². The van der Waals surface area contributed by atoms with E-state index in [1.165, 1.54) is 24.0 Å². The fourth-order valence-corrected chi connectivity index (χ4v) is 4.75. The van der Waals surface area contributed by atoms with Crippen molar-refractivity contribution in [3.63, 3.8) is 0 Å². The van der Waals surface area contributed by atoms with Crippen LogP contribution in [0.1, 0.15) is 5.56 Å². The third-order valence-corrected chi connectivity index (χ3v) is 7.04. The number of phenolic OH excluding ortho intramolecular Hbond substituents is 2. The molecule has 10 heteroatoms. The number of halogens is 1. The highest BCUT2D eigenvalue weighted by Gasteiger charge is 2.27. The van der Waals surface area contributed by atoms with E-state index in [2.05, 4.69) is 10.1 Å². The highest BCUT2D eigenvalue weighted by molar-refractivity contribution is 7.89. The number of rotatable bonds is 6. The second kappa shape index (κ2) is 8.62. The topological polar surface area (TPSA) is 109 Å². The number of nitrogens with zero attached hydrogens (tertiary/aromatic N) is 4. The summed E-state index contributed by atoms with van der Waals surface area (Å²) < 4.78 is 29.0. The molecular weight excluding hydrogens is 452 g/mol. The zero-order valence-corrected chi connectivity index (χ0v) is 18.5. The zero-order valence-electron chi connectivity index (χ0n) is 16.9. The normalized spacial score (nSPS) is 11.7. The van der Waals surface area contributed by atoms with Gasteiger partial charge in [0.05, 0.1) is 22.6 Å². The first-order chi connectivity index (χ1) is 15.3. The van der Waals surface area contributed by atoms with Crippen molar-refractivity contribution in [2.75, 3.05) is 7.05 Å². The van der Waals surface area contributed by atoms with Gasteiger partial charge >= 0.3 is 0 Å². The monoisotopic (exact) mass is 470 g/mol. The van der Waals surface area contributed by atoms with E-state index in [1.54, 1.807) is 54.9 Å². The lowest BCUT2D eigenvalue weighted by Crippen LogP contribution is -2.26. The molecule has 0 fully saturated rings. The van der Waals surface area contributed by atoms with Crippen LogP contribution in [0.15, 0.2) is 78.1 Å². The molecule has 2 aromatic heterocycles. The summed E-state index contributed by atoms with van der Waals surface area (Å²) in [5.41, 5.74) is 1.82. The second-order valence-corrected chi connectivity index (χ2v) is 9.46. The van der Waals surface area contributed by atoms with Crippen LogP contribution in [0.5, 0.6) is 11.5 Å². The maximum Gasteiger partial charge on any atom is 0.246 e. The van der Waals surface area contributed by atoms with Gasteiger partial charge in [0.15, 0.2) is 0 Å². The fraction of sp³-hybridized carbons (Fsp3) is 0.0909. The average Bonchev–Trinajstić information content (AvgIpc) is 3.24. The molecule has 0 saturated heterocycles. The van der Waals surface area contributed by atoms with Crippen molar-refractivity contribution < 1.29 is 18.6 Å². The van der Waals surface area contributed by atoms with Crippen molar-refractivity contribution in [3.05, 3.63) is 83.8 Å². The Morgan fingerprint density at radius 3 is 2.53 bits per heavy atom. The number of phenols is 2. The largest absolute Gasteiger partial charge is 0.507 e. The maximum absolute atomic E-state index is 13.2. The smallest absolute Gasteiger partial charge is 0.246 e. The molecule has 8 nitrogen and oxygen atoms in total. The molecule has 0 spiro atoms. The van der Waals surface area contributed by atoms with Gasteiger partial charge in [0.25, 0.3) is 0 Å². The quantitative estimate of drug-likeness (QED) is 0.443. The number of aromatic hydroxyl groups is 2. The van der Waals surface area contributed by atoms with Gasteiger partial charge in [0, 0.05) is 37.6 Å². The summed E-state index contributed by atoms with van der Waals surface area (Å²) in [7, 11) is -2.69. The summed E-state index contributed by atoms with van der Waals surface area (Å²) in [4.78, 5) is 3.65. The molecule has 164 valence electrons. The Kier molecular flexibility index (Phi) is 5.88. The van der Waals surface area contributed by atoms with Crippen LogP contribution in [-0.2, 0) is 16.6 Å². The summed E-state index contributed by atoms with van der Waals surface area (Å²) in [5.74, 6) is -0.863. The summed E-state index contributed by atoms with van der Waals surface area (Å²) >= 11 is 6.29. The maximum atomic E-state index is 13.2. The highest BCUT2D eigenvalue weighted by atomic mass is 35.5. The predicted molar refractivity (Wildman–Crippen MR) is 120 cm³/mol. The average molecular weight is 471 g/mol. The van der Waals surface area contributed by atoms with E-state index < -0.39 is 15.8 Å². The van der Waals surface area contributed by atoms with Crippen LogP contribution in [0.4, 0.5) is 0 Å². The van der Waals surface area contributed by atoms with Crippen LogP contribution in [-0.4, -0.2) is 44.7 Å². The van der Waals surface area contributed by atoms with Gasteiger partial charge < -0.3 is 10.2 Å². The van der Waals surface area contributed by atoms with Gasteiger partial charge in [0.1, 0.15) is 16.4 Å². The van der Waals surface area contributed by atoms with Crippen LogP contribution >= 0.6 is 11.6 Å². The number of hydrogen-bond acceptors (Lipinski definition) is 6. The number of sulfonamides is 1. The van der Waals surface area contributed by atoms with Gasteiger partial charge in [0.2, 0.25) is 10.0 Å². The van der Waals surface area contributed by atoms with Crippen LogP contribution in [0.2, 0.25) is 5.02 Å². The van der Waals surface area contributed by atoms with Crippen molar-refractivity contribution in [3.8, 4) is 28.4 Å². The first-order valence-corrected chi connectivity index (χ1v) is 11.3. The molecule has 0 aliphatic carbocycles. The third kappa shape index (κ3) is 4.05. The Bertz CT molecular complexity index is 1370. The van der Waals surface area contributed by atoms with Crippen molar-refractivity contribution in [1.29, 1.82) is 0 Å². The molecule has 0 radical (unpaired) electrons. The summed E-state index contributed by atoms with van der Waals surface area (Å²) in [6, 6.07) is 14.3. The first kappa shape index (κ1) is 21.8. The van der Waals surface area contributed by atoms with E-state index >= 15 is 0 Å². The Balaban J connectivity index is 1.79. The number of pyridine rings is 1. The van der Waals surface area contributed by atoms with Crippen LogP contribution in [0.25, 0.3) is 16.9 Å². The SMILES string of the molecule is CN(Cc1cccnc1)S(=O)(=O)c1cc(-c2ccnn2-c2ccccc2Cl)c(O)cc1O. The van der Waals surface area contributed by atoms with E-state index in [1.807, 2.05) is 0 Å². The van der Waals surface area contributed by atoms with Crippen molar-refractivity contribution >= 4 is 21.6 Å². The molecule has 0 atom stereocenters. The van der Waals surface area contributed by atoms with E-state index in [4.69, 9.17) is 11.6 Å². The molecule has 0 saturated carbocycles. The van der Waals surface area contributed by atoms with Gasteiger partial charge in [-0.3, -0.25) is 4.98 Å². The van der Waals surface area contributed by atoms with Gasteiger partial charge in [-0.05, 0) is 35.9 Å². The molecule has 0 aliphatic rings. The molecule has 2 N–H and O–H groups in total. The Morgan fingerprint density at radius 2 is 1.81 bits per heavy atom. The molecule has 2 aromatic carbocycles. The summed E-state index contributed by atoms with van der Waals surface area (Å²) in [6.07, 6.45) is 4.67. The van der Waals surface area contributed by atoms with Gasteiger partial charge in [-0.1, -0.05) is 29.8 Å². The van der Waals surface area contributed by atoms with Crippen LogP contribution < -0.4 is 0 Å². The van der Waals surface area contributed by atoms with Crippen molar-refractivity contribution in [2.24, 2.45) is 0 Å². The van der Waals surface area contributed by atoms with Crippen LogP contribution in [0, 0.1) is 0 Å². The molecule has 32 heavy (non-hydrogen) atoms. The molecule has 0 bridgehead atoms. The van der Waals surface area contributed by atoms with E-state index in [0.717, 1.165) is 10.4 Å². The van der Waals surface area contributed by atoms with Crippen molar-refractivity contribution in [1.82, 2.24) is 19.1 Å². The fourth-order valence-electron chi connectivity index (χ4n) is 3.29. The predicted octanol–water partition coefficient (Wildman–Crippen LogP) is 3.82. The summed E-state index contributed by atoms with van der Waals surface area (Å²) in [5, 5.41) is 25.6. The minimum atomic E-state index is -4.10. The standard InChI is InChI=1S/C22H19ClN4O4S/c1-26(14-15-5-4-9-24-13-15)32(30,31)22-11-16(20(28)12-21(22)29)18-8-10-25-27(18)19-7-3-2-6-17(19)23/h2-13,28-29H,14H2,1H3. The van der Waals surface area contributed by atoms with E-state index in [0.29, 0.717) is 22.0 Å². The lowest BCUT2D eigenvalue weighted by molar-refractivity contribution is 0.430. The first-order valence-electron chi connectivity index (χ1n) is 9.49. The molecule has 2 heterocycles. The third-order valence-electron chi connectivity index (χ3n) is 4.89. The zero-order chi connectivity index (χ0) is 22.9. The lowest BCUT2D eigenvalue weighted by atomic mass is 10.1. The number of para-hydroxylation sites is 1. The summed E-state index contributed by atoms with van der Waals surface area (Å²) in [6.45, 7) is 0.0589. The van der Waals surface area contributed by atoms with Crippen molar-refractivity contribution in [2.45, 2.75) is 11.4 Å². The molecule has 4 aromatic rings. The number of hydrogen-bond donors (Lipinski definition) is 2. The van der Waals surface area contributed by atoms with Gasteiger partial charge in [-0.2, -0.15) is 9.40 Å². The number of benzene rings is 2. The Labute approximate surface area is 190 Å². The molecule has 0 unspecified atom stereocenters. The molecule has 0 amide bonds. The second-order valence-electron chi connectivity index (χ2n) is 7.04. The van der Waals surface area contributed by atoms with Crippen LogP contribution in [0.3, 0.4) is 0 Å². The minimum absolute atomic E-state index is 0.0589. The molecule has 0 aliphatic heterocycles. The van der Waals surface area contributed by atoms with E-state index in [-0.39, 0.29) is 22.8 Å². The van der Waals surface area contributed by atoms with Gasteiger partial charge in [-0.25, -0.2) is 13.1 Å². The molecule has 4 rings (SSSR count).